The topological polar surface area (TPSA) is 58.2 Å². The minimum absolute atomic E-state index is 0.346. The Morgan fingerprint density at radius 2 is 1.29 bits per heavy atom. The molecular weight excluding hydrogens is 368 g/mol. The number of carbonyl (C=O) groups excluding carboxylic acids is 2. The van der Waals surface area contributed by atoms with E-state index in [0.717, 1.165) is 10.9 Å². The van der Waals surface area contributed by atoms with Gasteiger partial charge in [-0.05, 0) is 62.2 Å². The van der Waals surface area contributed by atoms with Gasteiger partial charge in [-0.3, -0.25) is 9.59 Å². The second-order valence-electron chi connectivity index (χ2n) is 6.09. The molecule has 0 aliphatic carbocycles. The lowest BCUT2D eigenvalue weighted by atomic mass is 9.90. The molecule has 2 aromatic carbocycles. The van der Waals surface area contributed by atoms with Crippen molar-refractivity contribution in [3.63, 3.8) is 0 Å². The van der Waals surface area contributed by atoms with E-state index in [-0.39, 0.29) is 11.8 Å². The number of anilines is 2. The van der Waals surface area contributed by atoms with Crippen LogP contribution in [-0.4, -0.2) is 11.8 Å². The number of aryl methyl sites for hydroxylation is 1. The number of rotatable bonds is 5. The highest BCUT2D eigenvalue weighted by Gasteiger charge is 2.36. The molecule has 0 saturated carbocycles. The predicted octanol–water partition coefficient (Wildman–Crippen LogP) is 4.61. The lowest BCUT2D eigenvalue weighted by molar-refractivity contribution is -0.135. The zero-order valence-corrected chi connectivity index (χ0v) is 15.6. The molecule has 0 saturated heterocycles. The van der Waals surface area contributed by atoms with Crippen molar-refractivity contribution in [1.82, 2.24) is 0 Å². The summed E-state index contributed by atoms with van der Waals surface area (Å²) < 4.78 is 0.924. The Morgan fingerprint density at radius 3 is 1.71 bits per heavy atom. The number of amides is 2. The molecule has 0 radical (unpaired) electrons. The van der Waals surface area contributed by atoms with Crippen LogP contribution in [0.2, 0.25) is 0 Å². The quantitative estimate of drug-likeness (QED) is 0.734. The third kappa shape index (κ3) is 4.45. The maximum Gasteiger partial charge on any atom is 0.239 e. The van der Waals surface area contributed by atoms with Crippen molar-refractivity contribution in [1.29, 1.82) is 0 Å². The lowest BCUT2D eigenvalue weighted by Gasteiger charge is -2.23. The van der Waals surface area contributed by atoms with Crippen LogP contribution < -0.4 is 10.6 Å². The molecular formula is C19H21BrN2O2. The van der Waals surface area contributed by atoms with Crippen molar-refractivity contribution in [2.45, 2.75) is 27.2 Å². The molecule has 24 heavy (non-hydrogen) atoms. The highest BCUT2D eigenvalue weighted by molar-refractivity contribution is 9.10. The molecule has 0 aromatic heterocycles. The number of nitrogens with one attached hydrogen (secondary N) is 2. The summed E-state index contributed by atoms with van der Waals surface area (Å²) in [5.41, 5.74) is 1.33. The maximum atomic E-state index is 12.5. The van der Waals surface area contributed by atoms with Crippen LogP contribution in [0.1, 0.15) is 26.3 Å². The predicted molar refractivity (Wildman–Crippen MR) is 101 cm³/mol. The summed E-state index contributed by atoms with van der Waals surface area (Å²) in [5, 5.41) is 5.58. The van der Waals surface area contributed by atoms with E-state index in [9.17, 15) is 9.59 Å². The zero-order chi connectivity index (χ0) is 17.7. The van der Waals surface area contributed by atoms with Crippen LogP contribution in [0.5, 0.6) is 0 Å². The Morgan fingerprint density at radius 1 is 0.875 bits per heavy atom. The Bertz CT molecular complexity index is 722. The van der Waals surface area contributed by atoms with Crippen LogP contribution in [0.3, 0.4) is 0 Å². The van der Waals surface area contributed by atoms with E-state index in [0.29, 0.717) is 11.4 Å². The first-order valence-electron chi connectivity index (χ1n) is 7.80. The molecule has 0 bridgehead atoms. The van der Waals surface area contributed by atoms with Crippen LogP contribution in [0, 0.1) is 5.41 Å². The molecule has 5 heteroatoms. The largest absolute Gasteiger partial charge is 0.325 e. The molecule has 2 amide bonds. The van der Waals surface area contributed by atoms with Crippen molar-refractivity contribution < 1.29 is 9.59 Å². The summed E-state index contributed by atoms with van der Waals surface area (Å²) in [4.78, 5) is 25.0. The molecule has 0 atom stereocenters. The number of benzene rings is 2. The van der Waals surface area contributed by atoms with Crippen LogP contribution in [0.15, 0.2) is 53.0 Å². The van der Waals surface area contributed by atoms with Crippen LogP contribution >= 0.6 is 15.9 Å². The van der Waals surface area contributed by atoms with E-state index >= 15 is 0 Å². The summed E-state index contributed by atoms with van der Waals surface area (Å²) in [6.45, 7) is 5.29. The van der Waals surface area contributed by atoms with Crippen molar-refractivity contribution >= 4 is 39.1 Å². The molecule has 2 N–H and O–H groups in total. The van der Waals surface area contributed by atoms with Gasteiger partial charge in [0.05, 0.1) is 0 Å². The first-order chi connectivity index (χ1) is 11.3. The first kappa shape index (κ1) is 18.2. The van der Waals surface area contributed by atoms with Gasteiger partial charge in [0.2, 0.25) is 11.8 Å². The minimum atomic E-state index is -1.20. The molecule has 0 heterocycles. The maximum absolute atomic E-state index is 12.5. The molecule has 0 fully saturated rings. The molecule has 4 nitrogen and oxygen atoms in total. The van der Waals surface area contributed by atoms with Gasteiger partial charge in [0.15, 0.2) is 0 Å². The normalized spacial score (nSPS) is 11.0. The van der Waals surface area contributed by atoms with E-state index in [1.54, 1.807) is 26.0 Å². The third-order valence-corrected chi connectivity index (χ3v) is 4.39. The van der Waals surface area contributed by atoms with Gasteiger partial charge in [0.1, 0.15) is 5.41 Å². The van der Waals surface area contributed by atoms with Crippen LogP contribution in [0.25, 0.3) is 0 Å². The second kappa shape index (κ2) is 7.62. The smallest absolute Gasteiger partial charge is 0.239 e. The van der Waals surface area contributed by atoms with Crippen molar-refractivity contribution in [3.05, 3.63) is 58.6 Å². The molecule has 2 rings (SSSR count). The minimum Gasteiger partial charge on any atom is -0.325 e. The van der Waals surface area contributed by atoms with Crippen LogP contribution in [0.4, 0.5) is 11.4 Å². The average Bonchev–Trinajstić information content (AvgIpc) is 2.57. The van der Waals surface area contributed by atoms with Gasteiger partial charge in [0, 0.05) is 15.8 Å². The number of hydrogen-bond acceptors (Lipinski definition) is 2. The fraction of sp³-hybridized carbons (Fsp3) is 0.263. The van der Waals surface area contributed by atoms with Gasteiger partial charge in [-0.2, -0.15) is 0 Å². The third-order valence-electron chi connectivity index (χ3n) is 3.86. The zero-order valence-electron chi connectivity index (χ0n) is 14.0. The highest BCUT2D eigenvalue weighted by Crippen LogP contribution is 2.22. The lowest BCUT2D eigenvalue weighted by Crippen LogP contribution is -2.41. The Labute approximate surface area is 150 Å². The molecule has 126 valence electrons. The summed E-state index contributed by atoms with van der Waals surface area (Å²) in [5.74, 6) is -0.700. The summed E-state index contributed by atoms with van der Waals surface area (Å²) in [7, 11) is 0. The van der Waals surface area contributed by atoms with E-state index in [1.807, 2.05) is 36.4 Å². The first-order valence-corrected chi connectivity index (χ1v) is 8.59. The van der Waals surface area contributed by atoms with Crippen molar-refractivity contribution in [2.75, 3.05) is 10.6 Å². The molecule has 0 unspecified atom stereocenters. The van der Waals surface area contributed by atoms with E-state index in [2.05, 4.69) is 33.5 Å². The van der Waals surface area contributed by atoms with Gasteiger partial charge in [-0.25, -0.2) is 0 Å². The fourth-order valence-corrected chi connectivity index (χ4v) is 2.30. The van der Waals surface area contributed by atoms with Crippen molar-refractivity contribution in [3.8, 4) is 0 Å². The average molecular weight is 389 g/mol. The van der Waals surface area contributed by atoms with Crippen LogP contribution in [-0.2, 0) is 16.0 Å². The van der Waals surface area contributed by atoms with Gasteiger partial charge in [0.25, 0.3) is 0 Å². The van der Waals surface area contributed by atoms with Crippen molar-refractivity contribution in [2.24, 2.45) is 5.41 Å². The summed E-state index contributed by atoms with van der Waals surface area (Å²) in [6, 6.07) is 14.8. The number of hydrogen-bond donors (Lipinski definition) is 2. The standard InChI is InChI=1S/C19H21BrN2O2/c1-4-13-5-9-15(10-6-13)21-17(23)19(2,3)18(24)22-16-11-7-14(20)8-12-16/h5-12H,4H2,1-3H3,(H,21,23)(H,22,24). The molecule has 0 spiro atoms. The monoisotopic (exact) mass is 388 g/mol. The number of carbonyl (C=O) groups is 2. The Balaban J connectivity index is 2.05. The number of halogens is 1. The van der Waals surface area contributed by atoms with E-state index in [4.69, 9.17) is 0 Å². The summed E-state index contributed by atoms with van der Waals surface area (Å²) >= 11 is 3.34. The van der Waals surface area contributed by atoms with Gasteiger partial charge >= 0.3 is 0 Å². The van der Waals surface area contributed by atoms with E-state index < -0.39 is 5.41 Å². The Kier molecular flexibility index (Phi) is 5.78. The van der Waals surface area contributed by atoms with Gasteiger partial charge in [-0.1, -0.05) is 35.0 Å². The molecule has 0 aliphatic rings. The molecule has 0 aliphatic heterocycles. The second-order valence-corrected chi connectivity index (χ2v) is 7.01. The van der Waals surface area contributed by atoms with Gasteiger partial charge < -0.3 is 10.6 Å². The van der Waals surface area contributed by atoms with Gasteiger partial charge in [-0.15, -0.1) is 0 Å². The molecule has 2 aromatic rings. The fourth-order valence-electron chi connectivity index (χ4n) is 2.03. The van der Waals surface area contributed by atoms with E-state index in [1.165, 1.54) is 5.56 Å². The SMILES string of the molecule is CCc1ccc(NC(=O)C(C)(C)C(=O)Nc2ccc(Br)cc2)cc1. The summed E-state index contributed by atoms with van der Waals surface area (Å²) in [6.07, 6.45) is 0.940. The Hall–Kier alpha value is -2.14. The highest BCUT2D eigenvalue weighted by atomic mass is 79.9.